The van der Waals surface area contributed by atoms with Crippen LogP contribution in [0, 0.1) is 35.2 Å². The molecule has 1 aliphatic carbocycles. The van der Waals surface area contributed by atoms with E-state index in [1.54, 1.807) is 0 Å². The smallest absolute Gasteiger partial charge is 0.142 e. The first-order chi connectivity index (χ1) is 12.6. The average molecular weight is 356 g/mol. The van der Waals surface area contributed by atoms with Crippen LogP contribution in [-0.4, -0.2) is 0 Å². The number of hydrogen-bond donors (Lipinski definition) is 0. The van der Waals surface area contributed by atoms with Crippen molar-refractivity contribution < 1.29 is 13.2 Å². The second-order valence-electron chi connectivity index (χ2n) is 7.12. The van der Waals surface area contributed by atoms with Crippen LogP contribution in [0.5, 0.6) is 0 Å². The minimum Gasteiger partial charge on any atom is -0.207 e. The van der Waals surface area contributed by atoms with Gasteiger partial charge in [-0.1, -0.05) is 31.6 Å². The highest BCUT2D eigenvalue weighted by molar-refractivity contribution is 5.45. The highest BCUT2D eigenvalue weighted by Gasteiger charge is 2.23. The van der Waals surface area contributed by atoms with Gasteiger partial charge in [-0.25, -0.2) is 13.2 Å². The lowest BCUT2D eigenvalue weighted by Gasteiger charge is -2.28. The second-order valence-corrected chi connectivity index (χ2v) is 7.12. The van der Waals surface area contributed by atoms with E-state index in [0.29, 0.717) is 5.56 Å². The summed E-state index contributed by atoms with van der Waals surface area (Å²) in [6, 6.07) is 8.39. The molecule has 1 aliphatic rings. The number of benzene rings is 2. The van der Waals surface area contributed by atoms with Gasteiger partial charge >= 0.3 is 0 Å². The topological polar surface area (TPSA) is 0 Å². The molecule has 2 aromatic carbocycles. The Labute approximate surface area is 153 Å². The van der Waals surface area contributed by atoms with Crippen LogP contribution in [-0.2, 0) is 0 Å². The Morgan fingerprint density at radius 2 is 1.50 bits per heavy atom. The van der Waals surface area contributed by atoms with Crippen LogP contribution in [0.4, 0.5) is 13.2 Å². The van der Waals surface area contributed by atoms with Crippen molar-refractivity contribution in [2.24, 2.45) is 5.92 Å². The first kappa shape index (κ1) is 18.6. The van der Waals surface area contributed by atoms with Crippen LogP contribution in [0.1, 0.15) is 68.1 Å². The van der Waals surface area contributed by atoms with Crippen LogP contribution in [0.25, 0.3) is 0 Å². The minimum absolute atomic E-state index is 0.224. The summed E-state index contributed by atoms with van der Waals surface area (Å²) in [4.78, 5) is 0. The molecular formula is C23H23F3. The standard InChI is InChI=1S/C23H23F3/c1-2-3-16-4-9-18(10-5-16)19-14-22(25)21(23(26)15-19)13-8-17-6-11-20(24)12-7-17/h6-7,11-12,14-16,18H,2-5,9-10H2,1H3/t16-,18-. The molecule has 136 valence electrons. The summed E-state index contributed by atoms with van der Waals surface area (Å²) < 4.78 is 41.8. The predicted octanol–water partition coefficient (Wildman–Crippen LogP) is 6.58. The van der Waals surface area contributed by atoms with Gasteiger partial charge in [0.2, 0.25) is 0 Å². The first-order valence-electron chi connectivity index (χ1n) is 9.33. The monoisotopic (exact) mass is 356 g/mol. The van der Waals surface area contributed by atoms with E-state index in [4.69, 9.17) is 0 Å². The molecule has 0 aliphatic heterocycles. The third kappa shape index (κ3) is 4.49. The van der Waals surface area contributed by atoms with Crippen molar-refractivity contribution in [1.29, 1.82) is 0 Å². The summed E-state index contributed by atoms with van der Waals surface area (Å²) >= 11 is 0. The Balaban J connectivity index is 1.76. The molecule has 0 unspecified atom stereocenters. The fraction of sp³-hybridized carbons (Fsp3) is 0.391. The van der Waals surface area contributed by atoms with E-state index in [1.165, 1.54) is 49.2 Å². The highest BCUT2D eigenvalue weighted by atomic mass is 19.1. The predicted molar refractivity (Wildman–Crippen MR) is 98.3 cm³/mol. The molecule has 0 nitrogen and oxygen atoms in total. The van der Waals surface area contributed by atoms with Gasteiger partial charge in [-0.15, -0.1) is 0 Å². The minimum atomic E-state index is -0.620. The van der Waals surface area contributed by atoms with Gasteiger partial charge in [-0.3, -0.25) is 0 Å². The van der Waals surface area contributed by atoms with Crippen LogP contribution >= 0.6 is 0 Å². The molecule has 0 aromatic heterocycles. The third-order valence-corrected chi connectivity index (χ3v) is 5.26. The molecule has 1 fully saturated rings. The molecule has 0 spiro atoms. The normalized spacial score (nSPS) is 19.7. The Morgan fingerprint density at radius 1 is 0.885 bits per heavy atom. The number of rotatable bonds is 3. The van der Waals surface area contributed by atoms with E-state index < -0.39 is 11.6 Å². The van der Waals surface area contributed by atoms with Crippen molar-refractivity contribution in [1.82, 2.24) is 0 Å². The van der Waals surface area contributed by atoms with Gasteiger partial charge in [-0.2, -0.15) is 0 Å². The molecule has 3 rings (SSSR count). The van der Waals surface area contributed by atoms with Crippen molar-refractivity contribution in [3.8, 4) is 11.8 Å². The molecule has 0 amide bonds. The number of hydrogen-bond acceptors (Lipinski definition) is 0. The van der Waals surface area contributed by atoms with E-state index in [2.05, 4.69) is 18.8 Å². The van der Waals surface area contributed by atoms with Gasteiger partial charge in [0.1, 0.15) is 17.5 Å². The van der Waals surface area contributed by atoms with Crippen LogP contribution < -0.4 is 0 Å². The first-order valence-corrected chi connectivity index (χ1v) is 9.33. The Morgan fingerprint density at radius 3 is 2.08 bits per heavy atom. The summed E-state index contributed by atoms with van der Waals surface area (Å²) in [5.74, 6) is 4.62. The van der Waals surface area contributed by atoms with Crippen molar-refractivity contribution >= 4 is 0 Å². The number of halogens is 3. The zero-order valence-corrected chi connectivity index (χ0v) is 15.0. The van der Waals surface area contributed by atoms with Gasteiger partial charge in [-0.05, 0) is 79.5 Å². The SMILES string of the molecule is CCC[C@H]1CC[C@H](c2cc(F)c(C#Cc3ccc(F)cc3)c(F)c2)CC1. The van der Waals surface area contributed by atoms with E-state index in [0.717, 1.165) is 37.2 Å². The zero-order valence-electron chi connectivity index (χ0n) is 15.0. The van der Waals surface area contributed by atoms with Crippen LogP contribution in [0.15, 0.2) is 36.4 Å². The molecule has 0 N–H and O–H groups in total. The van der Waals surface area contributed by atoms with Gasteiger partial charge in [0, 0.05) is 5.56 Å². The molecule has 0 saturated heterocycles. The van der Waals surface area contributed by atoms with Crippen molar-refractivity contribution in [2.45, 2.75) is 51.4 Å². The fourth-order valence-corrected chi connectivity index (χ4v) is 3.81. The molecular weight excluding hydrogens is 333 g/mol. The summed E-state index contributed by atoms with van der Waals surface area (Å²) in [6.07, 6.45) is 6.68. The molecule has 3 heteroatoms. The van der Waals surface area contributed by atoms with Gasteiger partial charge in [0.15, 0.2) is 0 Å². The van der Waals surface area contributed by atoms with E-state index in [9.17, 15) is 13.2 Å². The maximum Gasteiger partial charge on any atom is 0.142 e. The maximum absolute atomic E-state index is 14.4. The van der Waals surface area contributed by atoms with E-state index in [1.807, 2.05) is 0 Å². The quantitative estimate of drug-likeness (QED) is 0.545. The summed E-state index contributed by atoms with van der Waals surface area (Å²) in [5.41, 5.74) is 1.03. The molecule has 26 heavy (non-hydrogen) atoms. The maximum atomic E-state index is 14.4. The summed E-state index contributed by atoms with van der Waals surface area (Å²) in [5, 5.41) is 0. The Bertz CT molecular complexity index is 781. The Hall–Kier alpha value is -2.21. The van der Waals surface area contributed by atoms with Crippen molar-refractivity contribution in [2.75, 3.05) is 0 Å². The Kier molecular flexibility index (Phi) is 6.04. The largest absolute Gasteiger partial charge is 0.207 e. The molecule has 0 atom stereocenters. The van der Waals surface area contributed by atoms with E-state index in [-0.39, 0.29) is 17.3 Å². The highest BCUT2D eigenvalue weighted by Crippen LogP contribution is 2.38. The molecule has 1 saturated carbocycles. The van der Waals surface area contributed by atoms with Gasteiger partial charge < -0.3 is 0 Å². The average Bonchev–Trinajstić information content (AvgIpc) is 2.63. The molecule has 0 radical (unpaired) electrons. The lowest BCUT2D eigenvalue weighted by molar-refractivity contribution is 0.307. The zero-order chi connectivity index (χ0) is 18.5. The van der Waals surface area contributed by atoms with Crippen LogP contribution in [0.2, 0.25) is 0 Å². The fourth-order valence-electron chi connectivity index (χ4n) is 3.81. The van der Waals surface area contributed by atoms with Crippen molar-refractivity contribution in [3.05, 3.63) is 70.5 Å². The van der Waals surface area contributed by atoms with Crippen molar-refractivity contribution in [3.63, 3.8) is 0 Å². The second kappa shape index (κ2) is 8.45. The lowest BCUT2D eigenvalue weighted by Crippen LogP contribution is -2.13. The lowest BCUT2D eigenvalue weighted by atomic mass is 9.77. The van der Waals surface area contributed by atoms with Gasteiger partial charge in [0.05, 0.1) is 5.56 Å². The van der Waals surface area contributed by atoms with E-state index >= 15 is 0 Å². The molecule has 0 bridgehead atoms. The molecule has 2 aromatic rings. The molecule has 0 heterocycles. The summed E-state index contributed by atoms with van der Waals surface area (Å²) in [6.45, 7) is 2.20. The third-order valence-electron chi connectivity index (χ3n) is 5.26. The summed E-state index contributed by atoms with van der Waals surface area (Å²) in [7, 11) is 0. The van der Waals surface area contributed by atoms with Gasteiger partial charge in [0.25, 0.3) is 0 Å². The van der Waals surface area contributed by atoms with Crippen LogP contribution in [0.3, 0.4) is 0 Å².